The van der Waals surface area contributed by atoms with Gasteiger partial charge in [0.15, 0.2) is 0 Å². The molecule has 0 unspecified atom stereocenters. The maximum Gasteiger partial charge on any atom is 0.251 e. The Morgan fingerprint density at radius 1 is 0.815 bits per heavy atom. The first-order valence-electron chi connectivity index (χ1n) is 8.88. The van der Waals surface area contributed by atoms with E-state index in [9.17, 15) is 0 Å². The van der Waals surface area contributed by atoms with E-state index in [-0.39, 0.29) is 0 Å². The molecule has 0 saturated heterocycles. The smallest absolute Gasteiger partial charge is 0.251 e. The number of nitrogens with zero attached hydrogens (tertiary/aromatic N) is 2. The SMILES string of the molecule is Cc1ccc(C)c(COc2ccccc2-c2nnc(-c3ccccc3)o2)c1. The summed E-state index contributed by atoms with van der Waals surface area (Å²) in [5.74, 6) is 1.67. The van der Waals surface area contributed by atoms with Gasteiger partial charge in [-0.25, -0.2) is 0 Å². The summed E-state index contributed by atoms with van der Waals surface area (Å²) in [4.78, 5) is 0. The third-order valence-electron chi connectivity index (χ3n) is 4.45. The van der Waals surface area contributed by atoms with Gasteiger partial charge in [0, 0.05) is 5.56 Å². The van der Waals surface area contributed by atoms with Crippen LogP contribution in [0.4, 0.5) is 0 Å². The Bertz CT molecular complexity index is 1050. The molecule has 4 rings (SSSR count). The van der Waals surface area contributed by atoms with Crippen LogP contribution in [0.1, 0.15) is 16.7 Å². The lowest BCUT2D eigenvalue weighted by molar-refractivity contribution is 0.306. The molecule has 0 aliphatic carbocycles. The predicted molar refractivity (Wildman–Crippen MR) is 105 cm³/mol. The summed E-state index contributed by atoms with van der Waals surface area (Å²) in [6, 6.07) is 23.8. The lowest BCUT2D eigenvalue weighted by Crippen LogP contribution is -1.99. The van der Waals surface area contributed by atoms with Gasteiger partial charge in [-0.3, -0.25) is 0 Å². The van der Waals surface area contributed by atoms with Crippen molar-refractivity contribution < 1.29 is 9.15 Å². The second-order valence-corrected chi connectivity index (χ2v) is 6.49. The highest BCUT2D eigenvalue weighted by Crippen LogP contribution is 2.31. The van der Waals surface area contributed by atoms with Crippen molar-refractivity contribution in [2.45, 2.75) is 20.5 Å². The van der Waals surface area contributed by atoms with Crippen LogP contribution in [0, 0.1) is 13.8 Å². The lowest BCUT2D eigenvalue weighted by Gasteiger charge is -2.11. The molecule has 4 heteroatoms. The highest BCUT2D eigenvalue weighted by atomic mass is 16.5. The average molecular weight is 356 g/mol. The van der Waals surface area contributed by atoms with Gasteiger partial charge in [-0.2, -0.15) is 0 Å². The van der Waals surface area contributed by atoms with Gasteiger partial charge in [-0.15, -0.1) is 10.2 Å². The minimum Gasteiger partial charge on any atom is -0.488 e. The Morgan fingerprint density at radius 3 is 2.41 bits per heavy atom. The zero-order chi connectivity index (χ0) is 18.6. The van der Waals surface area contributed by atoms with E-state index in [4.69, 9.17) is 9.15 Å². The third-order valence-corrected chi connectivity index (χ3v) is 4.45. The molecule has 27 heavy (non-hydrogen) atoms. The summed E-state index contributed by atoms with van der Waals surface area (Å²) in [5, 5.41) is 8.39. The van der Waals surface area contributed by atoms with Crippen LogP contribution < -0.4 is 4.74 Å². The molecular formula is C23H20N2O2. The molecule has 1 heterocycles. The molecule has 0 bridgehead atoms. The van der Waals surface area contributed by atoms with Crippen molar-refractivity contribution in [3.63, 3.8) is 0 Å². The molecule has 4 nitrogen and oxygen atoms in total. The molecule has 0 aliphatic rings. The molecule has 1 aromatic heterocycles. The van der Waals surface area contributed by atoms with E-state index in [1.165, 1.54) is 16.7 Å². The van der Waals surface area contributed by atoms with E-state index in [0.29, 0.717) is 18.4 Å². The highest BCUT2D eigenvalue weighted by Gasteiger charge is 2.14. The Hall–Kier alpha value is -3.40. The van der Waals surface area contributed by atoms with Gasteiger partial charge in [-0.05, 0) is 49.2 Å². The fourth-order valence-corrected chi connectivity index (χ4v) is 2.91. The third kappa shape index (κ3) is 3.75. The molecule has 0 saturated carbocycles. The monoisotopic (exact) mass is 356 g/mol. The normalized spacial score (nSPS) is 10.7. The summed E-state index contributed by atoms with van der Waals surface area (Å²) < 4.78 is 12.0. The summed E-state index contributed by atoms with van der Waals surface area (Å²) in [5.41, 5.74) is 5.28. The lowest BCUT2D eigenvalue weighted by atomic mass is 10.1. The number of rotatable bonds is 5. The second-order valence-electron chi connectivity index (χ2n) is 6.49. The van der Waals surface area contributed by atoms with Crippen molar-refractivity contribution in [2.24, 2.45) is 0 Å². The molecule has 0 N–H and O–H groups in total. The van der Waals surface area contributed by atoms with Gasteiger partial charge in [0.05, 0.1) is 5.56 Å². The summed E-state index contributed by atoms with van der Waals surface area (Å²) in [6.45, 7) is 4.67. The Balaban J connectivity index is 1.60. The van der Waals surface area contributed by atoms with Gasteiger partial charge < -0.3 is 9.15 Å². The predicted octanol–water partition coefficient (Wildman–Crippen LogP) is 5.60. The van der Waals surface area contributed by atoms with Gasteiger partial charge in [0.1, 0.15) is 12.4 Å². The van der Waals surface area contributed by atoms with Crippen LogP contribution in [0.5, 0.6) is 5.75 Å². The minimum atomic E-state index is 0.449. The van der Waals surface area contributed by atoms with Crippen LogP contribution in [0.2, 0.25) is 0 Å². The fourth-order valence-electron chi connectivity index (χ4n) is 2.91. The van der Waals surface area contributed by atoms with Crippen LogP contribution in [-0.2, 0) is 6.61 Å². The molecule has 0 atom stereocenters. The second kappa shape index (κ2) is 7.46. The number of aryl methyl sites for hydroxylation is 2. The Morgan fingerprint density at radius 2 is 1.56 bits per heavy atom. The number of hydrogen-bond donors (Lipinski definition) is 0. The van der Waals surface area contributed by atoms with E-state index in [1.807, 2.05) is 54.6 Å². The van der Waals surface area contributed by atoms with E-state index >= 15 is 0 Å². The first kappa shape index (κ1) is 17.0. The molecule has 0 amide bonds. The van der Waals surface area contributed by atoms with Crippen molar-refractivity contribution in [2.75, 3.05) is 0 Å². The maximum absolute atomic E-state index is 6.10. The van der Waals surface area contributed by atoms with Gasteiger partial charge in [0.25, 0.3) is 5.89 Å². The summed E-state index contributed by atoms with van der Waals surface area (Å²) in [6.07, 6.45) is 0. The first-order valence-corrected chi connectivity index (χ1v) is 8.88. The van der Waals surface area contributed by atoms with Crippen LogP contribution in [-0.4, -0.2) is 10.2 Å². The molecule has 134 valence electrons. The number of aromatic nitrogens is 2. The topological polar surface area (TPSA) is 48.2 Å². The zero-order valence-electron chi connectivity index (χ0n) is 15.3. The fraction of sp³-hybridized carbons (Fsp3) is 0.130. The Labute approximate surface area is 158 Å². The number of ether oxygens (including phenoxy) is 1. The Kier molecular flexibility index (Phi) is 4.71. The van der Waals surface area contributed by atoms with Gasteiger partial charge in [-0.1, -0.05) is 54.1 Å². The van der Waals surface area contributed by atoms with Crippen LogP contribution in [0.15, 0.2) is 77.2 Å². The standard InChI is InChI=1S/C23H20N2O2/c1-16-12-13-17(2)19(14-16)15-26-21-11-7-6-10-20(21)23-25-24-22(27-23)18-8-4-3-5-9-18/h3-14H,15H2,1-2H3. The summed E-state index contributed by atoms with van der Waals surface area (Å²) in [7, 11) is 0. The minimum absolute atomic E-state index is 0.449. The van der Waals surface area contributed by atoms with Crippen LogP contribution >= 0.6 is 0 Å². The van der Waals surface area contributed by atoms with E-state index < -0.39 is 0 Å². The highest BCUT2D eigenvalue weighted by molar-refractivity contribution is 5.64. The van der Waals surface area contributed by atoms with Crippen LogP contribution in [0.3, 0.4) is 0 Å². The molecule has 0 spiro atoms. The average Bonchev–Trinajstić information content (AvgIpc) is 3.20. The molecule has 3 aromatic carbocycles. The number of para-hydroxylation sites is 1. The largest absolute Gasteiger partial charge is 0.488 e. The molecule has 4 aromatic rings. The van der Waals surface area contributed by atoms with Crippen molar-refractivity contribution in [1.29, 1.82) is 0 Å². The molecule has 0 fully saturated rings. The van der Waals surface area contributed by atoms with Crippen molar-refractivity contribution >= 4 is 0 Å². The van der Waals surface area contributed by atoms with E-state index in [1.54, 1.807) is 0 Å². The number of hydrogen-bond acceptors (Lipinski definition) is 4. The zero-order valence-corrected chi connectivity index (χ0v) is 15.3. The van der Waals surface area contributed by atoms with E-state index in [0.717, 1.165) is 16.9 Å². The summed E-state index contributed by atoms with van der Waals surface area (Å²) >= 11 is 0. The van der Waals surface area contributed by atoms with Crippen molar-refractivity contribution in [3.8, 4) is 28.7 Å². The van der Waals surface area contributed by atoms with Crippen molar-refractivity contribution in [1.82, 2.24) is 10.2 Å². The maximum atomic E-state index is 6.10. The number of benzene rings is 3. The molecular weight excluding hydrogens is 336 g/mol. The van der Waals surface area contributed by atoms with E-state index in [2.05, 4.69) is 42.2 Å². The van der Waals surface area contributed by atoms with Gasteiger partial charge in [0.2, 0.25) is 5.89 Å². The van der Waals surface area contributed by atoms with Crippen LogP contribution in [0.25, 0.3) is 22.9 Å². The van der Waals surface area contributed by atoms with Crippen molar-refractivity contribution in [3.05, 3.63) is 89.5 Å². The first-order chi connectivity index (χ1) is 13.2. The quantitative estimate of drug-likeness (QED) is 0.467. The molecule has 0 aliphatic heterocycles. The molecule has 0 radical (unpaired) electrons. The van der Waals surface area contributed by atoms with Gasteiger partial charge >= 0.3 is 0 Å².